The second-order valence-electron chi connectivity index (χ2n) is 3.99. The second-order valence-corrected chi connectivity index (χ2v) is 4.84. The van der Waals surface area contributed by atoms with Gasteiger partial charge in [-0.15, -0.1) is 0 Å². The van der Waals surface area contributed by atoms with E-state index in [2.05, 4.69) is 5.32 Å². The number of hydrogen-bond acceptors (Lipinski definition) is 2. The lowest BCUT2D eigenvalue weighted by Crippen LogP contribution is -2.15. The van der Waals surface area contributed by atoms with Crippen molar-refractivity contribution in [2.45, 2.75) is 0 Å². The summed E-state index contributed by atoms with van der Waals surface area (Å²) in [5.74, 6) is -1.29. The minimum atomic E-state index is -0.672. The van der Waals surface area contributed by atoms with Crippen molar-refractivity contribution in [1.29, 1.82) is 0 Å². The first-order valence-electron chi connectivity index (χ1n) is 5.64. The lowest BCUT2D eigenvalue weighted by molar-refractivity contribution is 0.102. The van der Waals surface area contributed by atoms with Crippen LogP contribution in [0.1, 0.15) is 15.9 Å². The molecule has 0 aliphatic carbocycles. The number of benzene rings is 2. The Bertz CT molecular complexity index is 653. The molecule has 20 heavy (non-hydrogen) atoms. The molecule has 0 spiro atoms. The summed E-state index contributed by atoms with van der Waals surface area (Å²) >= 11 is 10.7. The van der Waals surface area contributed by atoms with E-state index in [9.17, 15) is 9.18 Å². The number of nitrogens with one attached hydrogen (secondary N) is 1. The fourth-order valence-corrected chi connectivity index (χ4v) is 2.01. The van der Waals surface area contributed by atoms with Gasteiger partial charge in [-0.2, -0.15) is 0 Å². The number of carbonyl (C=O) groups is 1. The Morgan fingerprint density at radius 2 is 1.85 bits per heavy atom. The maximum Gasteiger partial charge on any atom is 0.260 e. The maximum absolute atomic E-state index is 13.6. The van der Waals surface area contributed by atoms with Gasteiger partial charge in [-0.05, 0) is 36.4 Å². The number of halogens is 2. The van der Waals surface area contributed by atoms with Gasteiger partial charge in [-0.25, -0.2) is 4.39 Å². The minimum Gasteiger partial charge on any atom is -0.389 e. The molecule has 0 atom stereocenters. The molecule has 0 heterocycles. The Balaban J connectivity index is 2.21. The van der Waals surface area contributed by atoms with Crippen LogP contribution in [0.4, 0.5) is 10.1 Å². The van der Waals surface area contributed by atoms with E-state index in [0.29, 0.717) is 11.3 Å². The molecule has 0 unspecified atom stereocenters. The molecule has 0 bridgehead atoms. The molecule has 0 aliphatic heterocycles. The monoisotopic (exact) mass is 308 g/mol. The van der Waals surface area contributed by atoms with Crippen LogP contribution < -0.4 is 11.1 Å². The second kappa shape index (κ2) is 5.98. The van der Waals surface area contributed by atoms with Crippen molar-refractivity contribution >= 4 is 40.4 Å². The van der Waals surface area contributed by atoms with Crippen molar-refractivity contribution in [1.82, 2.24) is 0 Å². The van der Waals surface area contributed by atoms with Crippen LogP contribution in [0.25, 0.3) is 0 Å². The van der Waals surface area contributed by atoms with E-state index in [1.807, 2.05) is 0 Å². The zero-order chi connectivity index (χ0) is 14.7. The lowest BCUT2D eigenvalue weighted by Gasteiger charge is -2.08. The van der Waals surface area contributed by atoms with E-state index in [0.717, 1.165) is 0 Å². The molecule has 3 N–H and O–H groups in total. The largest absolute Gasteiger partial charge is 0.389 e. The van der Waals surface area contributed by atoms with Crippen LogP contribution in [-0.4, -0.2) is 10.9 Å². The van der Waals surface area contributed by atoms with Crippen molar-refractivity contribution in [2.24, 2.45) is 5.73 Å². The summed E-state index contributed by atoms with van der Waals surface area (Å²) in [6.07, 6.45) is 0. The van der Waals surface area contributed by atoms with Gasteiger partial charge < -0.3 is 11.1 Å². The predicted octanol–water partition coefficient (Wildman–Crippen LogP) is 3.37. The molecule has 0 aliphatic rings. The highest BCUT2D eigenvalue weighted by Crippen LogP contribution is 2.20. The molecule has 0 fully saturated rings. The summed E-state index contributed by atoms with van der Waals surface area (Å²) in [7, 11) is 0. The van der Waals surface area contributed by atoms with Crippen LogP contribution in [0.3, 0.4) is 0 Å². The highest BCUT2D eigenvalue weighted by Gasteiger charge is 2.15. The van der Waals surface area contributed by atoms with E-state index in [4.69, 9.17) is 29.6 Å². The van der Waals surface area contributed by atoms with E-state index in [1.54, 1.807) is 24.3 Å². The topological polar surface area (TPSA) is 55.1 Å². The Kier molecular flexibility index (Phi) is 4.32. The first-order chi connectivity index (χ1) is 9.49. The van der Waals surface area contributed by atoms with Gasteiger partial charge in [0.25, 0.3) is 5.91 Å². The molecule has 1 amide bonds. The van der Waals surface area contributed by atoms with Crippen LogP contribution in [0.15, 0.2) is 42.5 Å². The predicted molar refractivity (Wildman–Crippen MR) is 81.7 cm³/mol. The Morgan fingerprint density at radius 1 is 1.20 bits per heavy atom. The number of amides is 1. The number of rotatable bonds is 3. The normalized spacial score (nSPS) is 10.1. The first kappa shape index (κ1) is 14.4. The highest BCUT2D eigenvalue weighted by molar-refractivity contribution is 7.80. The molecule has 3 nitrogen and oxygen atoms in total. The summed E-state index contributed by atoms with van der Waals surface area (Å²) in [4.78, 5) is 12.3. The fraction of sp³-hybridized carbons (Fsp3) is 0. The van der Waals surface area contributed by atoms with Crippen molar-refractivity contribution in [3.05, 3.63) is 64.4 Å². The van der Waals surface area contributed by atoms with Crippen LogP contribution in [0.2, 0.25) is 5.02 Å². The van der Waals surface area contributed by atoms with Crippen LogP contribution in [-0.2, 0) is 0 Å². The van der Waals surface area contributed by atoms with Gasteiger partial charge in [-0.3, -0.25) is 4.79 Å². The highest BCUT2D eigenvalue weighted by atomic mass is 35.5. The van der Waals surface area contributed by atoms with Crippen molar-refractivity contribution < 1.29 is 9.18 Å². The number of thiocarbonyl (C=S) groups is 1. The van der Waals surface area contributed by atoms with Crippen LogP contribution >= 0.6 is 23.8 Å². The van der Waals surface area contributed by atoms with Gasteiger partial charge in [-0.1, -0.05) is 29.9 Å². The lowest BCUT2D eigenvalue weighted by atomic mass is 10.1. The van der Waals surface area contributed by atoms with Gasteiger partial charge in [0.2, 0.25) is 0 Å². The summed E-state index contributed by atoms with van der Waals surface area (Å²) in [5, 5.41) is 2.62. The van der Waals surface area contributed by atoms with E-state index >= 15 is 0 Å². The van der Waals surface area contributed by atoms with Crippen LogP contribution in [0.5, 0.6) is 0 Å². The Morgan fingerprint density at radius 3 is 2.40 bits per heavy atom. The van der Waals surface area contributed by atoms with E-state index in [1.165, 1.54) is 18.2 Å². The van der Waals surface area contributed by atoms with Gasteiger partial charge in [0.15, 0.2) is 0 Å². The summed E-state index contributed by atoms with van der Waals surface area (Å²) in [6.45, 7) is 0. The van der Waals surface area contributed by atoms with Gasteiger partial charge in [0.05, 0.1) is 10.6 Å². The molecule has 0 saturated carbocycles. The van der Waals surface area contributed by atoms with Crippen molar-refractivity contribution in [2.75, 3.05) is 5.32 Å². The zero-order valence-electron chi connectivity index (χ0n) is 10.2. The number of hydrogen-bond donors (Lipinski definition) is 2. The van der Waals surface area contributed by atoms with Gasteiger partial charge in [0, 0.05) is 11.3 Å². The third-order valence-corrected chi connectivity index (χ3v) is 3.17. The number of carbonyl (C=O) groups excluding carboxylic acids is 1. The molecule has 2 aromatic rings. The number of anilines is 1. The molecule has 0 radical (unpaired) electrons. The van der Waals surface area contributed by atoms with Gasteiger partial charge in [0.1, 0.15) is 10.8 Å². The third-order valence-electron chi connectivity index (χ3n) is 2.62. The smallest absolute Gasteiger partial charge is 0.260 e. The molecular formula is C14H10ClFN2OS. The molecular weight excluding hydrogens is 299 g/mol. The maximum atomic E-state index is 13.6. The fourth-order valence-electron chi connectivity index (χ4n) is 1.63. The molecule has 6 heteroatoms. The Hall–Kier alpha value is -1.98. The first-order valence-corrected chi connectivity index (χ1v) is 6.43. The number of nitrogens with two attached hydrogens (primary N) is 1. The average molecular weight is 309 g/mol. The van der Waals surface area contributed by atoms with Gasteiger partial charge >= 0.3 is 0 Å². The molecule has 2 aromatic carbocycles. The molecule has 2 rings (SSSR count). The average Bonchev–Trinajstić information content (AvgIpc) is 2.39. The van der Waals surface area contributed by atoms with Crippen molar-refractivity contribution in [3.8, 4) is 0 Å². The molecule has 102 valence electrons. The van der Waals surface area contributed by atoms with E-state index < -0.39 is 11.7 Å². The standard InChI is InChI=1S/C14H10ClFN2OS/c15-10-2-1-3-11(16)12(10)14(19)18-9-6-4-8(5-7-9)13(17)20/h1-7H,(H2,17,20)(H,18,19). The zero-order valence-corrected chi connectivity index (χ0v) is 11.8. The van der Waals surface area contributed by atoms with Crippen LogP contribution in [0, 0.1) is 5.82 Å². The summed E-state index contributed by atoms with van der Waals surface area (Å²) in [6, 6.07) is 10.7. The minimum absolute atomic E-state index is 0.0576. The third kappa shape index (κ3) is 3.12. The molecule has 0 saturated heterocycles. The summed E-state index contributed by atoms with van der Waals surface area (Å²) < 4.78 is 13.6. The quantitative estimate of drug-likeness (QED) is 0.855. The Labute approximate surface area is 125 Å². The van der Waals surface area contributed by atoms with E-state index in [-0.39, 0.29) is 15.6 Å². The summed E-state index contributed by atoms with van der Waals surface area (Å²) in [5.41, 5.74) is 6.46. The molecule has 0 aromatic heterocycles. The SMILES string of the molecule is NC(=S)c1ccc(NC(=O)c2c(F)cccc2Cl)cc1. The van der Waals surface area contributed by atoms with Crippen molar-refractivity contribution in [3.63, 3.8) is 0 Å².